The summed E-state index contributed by atoms with van der Waals surface area (Å²) < 4.78 is 36.3. The topological polar surface area (TPSA) is 97.3 Å². The fourth-order valence-corrected chi connectivity index (χ4v) is 4.08. The van der Waals surface area contributed by atoms with Gasteiger partial charge in [0.15, 0.2) is 11.5 Å². The van der Waals surface area contributed by atoms with Gasteiger partial charge in [-0.15, -0.1) is 0 Å². The van der Waals surface area contributed by atoms with E-state index in [1.54, 1.807) is 25.1 Å². The molecule has 1 aliphatic rings. The molecule has 2 aromatic carbocycles. The predicted octanol–water partition coefficient (Wildman–Crippen LogP) is 3.07. The first-order valence-electron chi connectivity index (χ1n) is 8.80. The Morgan fingerprint density at radius 2 is 1.73 bits per heavy atom. The number of amides is 1. The zero-order valence-corrected chi connectivity index (χ0v) is 18.5. The van der Waals surface area contributed by atoms with Crippen LogP contribution in [-0.4, -0.2) is 46.1 Å². The van der Waals surface area contributed by atoms with E-state index in [1.807, 2.05) is 0 Å². The van der Waals surface area contributed by atoms with Gasteiger partial charge < -0.3 is 9.47 Å². The molecule has 1 N–H and O–H groups in total. The number of fused-ring (bicyclic) bond motifs is 1. The third-order valence-corrected chi connectivity index (χ3v) is 5.71. The summed E-state index contributed by atoms with van der Waals surface area (Å²) >= 11 is 11.9. The number of sulfonamides is 1. The highest BCUT2D eigenvalue weighted by molar-refractivity contribution is 7.92. The summed E-state index contributed by atoms with van der Waals surface area (Å²) in [6.07, 6.45) is 0.985. The van der Waals surface area contributed by atoms with E-state index in [4.69, 9.17) is 32.7 Å². The molecule has 0 fully saturated rings. The van der Waals surface area contributed by atoms with Gasteiger partial charge in [0.25, 0.3) is 5.91 Å². The summed E-state index contributed by atoms with van der Waals surface area (Å²) in [4.78, 5) is 12.4. The van der Waals surface area contributed by atoms with Crippen LogP contribution in [0.5, 0.6) is 11.5 Å². The maximum atomic E-state index is 12.4. The molecule has 0 unspecified atom stereocenters. The molecule has 30 heavy (non-hydrogen) atoms. The van der Waals surface area contributed by atoms with E-state index in [-0.39, 0.29) is 15.7 Å². The maximum absolute atomic E-state index is 12.4. The molecule has 1 aliphatic heterocycles. The number of ether oxygens (including phenoxy) is 2. The first-order valence-corrected chi connectivity index (χ1v) is 11.4. The van der Waals surface area contributed by atoms with Crippen LogP contribution in [-0.2, 0) is 14.8 Å². The average Bonchev–Trinajstić information content (AvgIpc) is 2.68. The Bertz CT molecular complexity index is 1090. The molecule has 0 saturated carbocycles. The van der Waals surface area contributed by atoms with Crippen molar-refractivity contribution in [1.29, 1.82) is 0 Å². The molecule has 8 nitrogen and oxygen atoms in total. The summed E-state index contributed by atoms with van der Waals surface area (Å²) in [5.41, 5.74) is 3.78. The summed E-state index contributed by atoms with van der Waals surface area (Å²) in [5.74, 6) is 0.611. The molecular weight excluding hydrogens is 453 g/mol. The summed E-state index contributed by atoms with van der Waals surface area (Å²) in [5, 5.41) is 4.55. The monoisotopic (exact) mass is 471 g/mol. The fraction of sp³-hybridized carbons (Fsp3) is 0.263. The largest absolute Gasteiger partial charge is 0.486 e. The minimum absolute atomic E-state index is 0.178. The number of anilines is 1. The number of carbonyl (C=O) groups excluding carboxylic acids is 1. The van der Waals surface area contributed by atoms with E-state index in [0.717, 1.165) is 16.1 Å². The van der Waals surface area contributed by atoms with Crippen LogP contribution >= 0.6 is 23.2 Å². The van der Waals surface area contributed by atoms with E-state index in [0.29, 0.717) is 30.4 Å². The summed E-state index contributed by atoms with van der Waals surface area (Å²) in [7, 11) is -3.77. The SMILES string of the molecule is C/C(=N/NC(=O)CN(c1cc(Cl)cc(Cl)c1)S(C)(=O)=O)c1ccc2c(c1)OCCO2. The van der Waals surface area contributed by atoms with E-state index < -0.39 is 22.5 Å². The standard InChI is InChI=1S/C19H19Cl2N3O5S/c1-12(13-3-4-17-18(7-13)29-6-5-28-17)22-23-19(25)11-24(30(2,26)27)16-9-14(20)8-15(21)10-16/h3-4,7-10H,5-6,11H2,1-2H3,(H,23,25)/b22-12-. The number of nitrogens with one attached hydrogen (secondary N) is 1. The lowest BCUT2D eigenvalue weighted by atomic mass is 10.1. The Hall–Kier alpha value is -2.49. The molecule has 2 aromatic rings. The second kappa shape index (κ2) is 9.11. The highest BCUT2D eigenvalue weighted by atomic mass is 35.5. The lowest BCUT2D eigenvalue weighted by Crippen LogP contribution is -2.39. The lowest BCUT2D eigenvalue weighted by Gasteiger charge is -2.22. The van der Waals surface area contributed by atoms with Gasteiger partial charge >= 0.3 is 0 Å². The van der Waals surface area contributed by atoms with E-state index in [9.17, 15) is 13.2 Å². The molecule has 0 bridgehead atoms. The average molecular weight is 472 g/mol. The Balaban J connectivity index is 1.74. The smallest absolute Gasteiger partial charge is 0.260 e. The molecule has 0 spiro atoms. The Kier molecular flexibility index (Phi) is 6.74. The van der Waals surface area contributed by atoms with Crippen molar-refractivity contribution in [2.24, 2.45) is 5.10 Å². The Morgan fingerprint density at radius 3 is 2.37 bits per heavy atom. The molecule has 0 saturated heterocycles. The van der Waals surface area contributed by atoms with Crippen molar-refractivity contribution in [2.45, 2.75) is 6.92 Å². The minimum atomic E-state index is -3.77. The molecule has 0 aliphatic carbocycles. The van der Waals surface area contributed by atoms with Crippen LogP contribution in [0, 0.1) is 0 Å². The van der Waals surface area contributed by atoms with E-state index in [2.05, 4.69) is 10.5 Å². The van der Waals surface area contributed by atoms with Crippen molar-refractivity contribution in [3.05, 3.63) is 52.0 Å². The van der Waals surface area contributed by atoms with Gasteiger partial charge in [0.05, 0.1) is 17.7 Å². The fourth-order valence-electron chi connectivity index (χ4n) is 2.73. The lowest BCUT2D eigenvalue weighted by molar-refractivity contribution is -0.119. The first kappa shape index (κ1) is 22.2. The van der Waals surface area contributed by atoms with Crippen LogP contribution in [0.2, 0.25) is 10.0 Å². The highest BCUT2D eigenvalue weighted by Gasteiger charge is 2.22. The summed E-state index contributed by atoms with van der Waals surface area (Å²) in [6.45, 7) is 2.16. The molecule has 160 valence electrons. The van der Waals surface area contributed by atoms with Gasteiger partial charge in [0.1, 0.15) is 19.8 Å². The Labute approximate surface area is 184 Å². The van der Waals surface area contributed by atoms with Gasteiger partial charge in [-0.3, -0.25) is 9.10 Å². The Morgan fingerprint density at radius 1 is 1.10 bits per heavy atom. The van der Waals surface area contributed by atoms with Crippen LogP contribution in [0.4, 0.5) is 5.69 Å². The summed E-state index contributed by atoms with van der Waals surface area (Å²) in [6, 6.07) is 9.59. The molecule has 0 aromatic heterocycles. The predicted molar refractivity (Wildman–Crippen MR) is 116 cm³/mol. The van der Waals surface area contributed by atoms with Crippen LogP contribution in [0.15, 0.2) is 41.5 Å². The zero-order chi connectivity index (χ0) is 21.9. The van der Waals surface area contributed by atoms with Gasteiger partial charge in [0, 0.05) is 15.6 Å². The van der Waals surface area contributed by atoms with E-state index >= 15 is 0 Å². The van der Waals surface area contributed by atoms with Crippen LogP contribution in [0.25, 0.3) is 0 Å². The number of hydrogen-bond acceptors (Lipinski definition) is 6. The van der Waals surface area contributed by atoms with Crippen molar-refractivity contribution in [1.82, 2.24) is 5.43 Å². The molecule has 1 heterocycles. The number of halogens is 2. The van der Waals surface area contributed by atoms with Crippen LogP contribution < -0.4 is 19.2 Å². The number of rotatable bonds is 6. The van der Waals surface area contributed by atoms with Gasteiger partial charge in [-0.25, -0.2) is 13.8 Å². The second-order valence-electron chi connectivity index (χ2n) is 6.49. The quantitative estimate of drug-likeness (QED) is 0.515. The van der Waals surface area contributed by atoms with Crippen molar-refractivity contribution in [3.8, 4) is 11.5 Å². The number of hydrazone groups is 1. The normalized spacial score (nSPS) is 13.7. The van der Waals surface area contributed by atoms with Gasteiger partial charge in [-0.2, -0.15) is 5.10 Å². The van der Waals surface area contributed by atoms with E-state index in [1.165, 1.54) is 18.2 Å². The third kappa shape index (κ3) is 5.56. The van der Waals surface area contributed by atoms with Gasteiger partial charge in [0.2, 0.25) is 10.0 Å². The van der Waals surface area contributed by atoms with Gasteiger partial charge in [-0.05, 0) is 43.3 Å². The molecular formula is C19H19Cl2N3O5S. The van der Waals surface area contributed by atoms with Crippen molar-refractivity contribution in [2.75, 3.05) is 30.3 Å². The minimum Gasteiger partial charge on any atom is -0.486 e. The number of carbonyl (C=O) groups is 1. The van der Waals surface area contributed by atoms with Crippen LogP contribution in [0.1, 0.15) is 12.5 Å². The number of nitrogens with zero attached hydrogens (tertiary/aromatic N) is 2. The number of benzene rings is 2. The van der Waals surface area contributed by atoms with Crippen LogP contribution in [0.3, 0.4) is 0 Å². The van der Waals surface area contributed by atoms with Gasteiger partial charge in [-0.1, -0.05) is 23.2 Å². The second-order valence-corrected chi connectivity index (χ2v) is 9.27. The van der Waals surface area contributed by atoms with Crippen molar-refractivity contribution >= 4 is 50.5 Å². The number of hydrogen-bond donors (Lipinski definition) is 1. The molecule has 3 rings (SSSR count). The maximum Gasteiger partial charge on any atom is 0.260 e. The molecule has 1 amide bonds. The third-order valence-electron chi connectivity index (χ3n) is 4.13. The molecule has 0 radical (unpaired) electrons. The molecule has 0 atom stereocenters. The van der Waals surface area contributed by atoms with Crippen molar-refractivity contribution < 1.29 is 22.7 Å². The highest BCUT2D eigenvalue weighted by Crippen LogP contribution is 2.31. The molecule has 11 heteroatoms. The van der Waals surface area contributed by atoms with Crippen molar-refractivity contribution in [3.63, 3.8) is 0 Å². The zero-order valence-electron chi connectivity index (χ0n) is 16.2. The first-order chi connectivity index (χ1) is 14.1.